The van der Waals surface area contributed by atoms with Gasteiger partial charge in [-0.05, 0) is 12.5 Å². The van der Waals surface area contributed by atoms with E-state index in [9.17, 15) is 8.42 Å². The number of thiazole rings is 1. The largest absolute Gasteiger partial charge is 0.387 e. The summed E-state index contributed by atoms with van der Waals surface area (Å²) in [5.74, 6) is 0.137. The Morgan fingerprint density at radius 1 is 1.43 bits per heavy atom. The van der Waals surface area contributed by atoms with Crippen molar-refractivity contribution >= 4 is 49.9 Å². The molecule has 1 aromatic rings. The highest BCUT2D eigenvalue weighted by molar-refractivity contribution is 7.88. The van der Waals surface area contributed by atoms with Crippen LogP contribution in [0, 0.1) is 0 Å². The summed E-state index contributed by atoms with van der Waals surface area (Å²) < 4.78 is 29.1. The summed E-state index contributed by atoms with van der Waals surface area (Å²) in [6.45, 7) is 1.70. The maximum absolute atomic E-state index is 11.6. The van der Waals surface area contributed by atoms with E-state index in [0.29, 0.717) is 27.8 Å². The van der Waals surface area contributed by atoms with Crippen LogP contribution < -0.4 is 21.9 Å². The van der Waals surface area contributed by atoms with Crippen LogP contribution in [0.1, 0.15) is 19.0 Å². The van der Waals surface area contributed by atoms with E-state index in [1.54, 1.807) is 12.3 Å². The van der Waals surface area contributed by atoms with E-state index in [2.05, 4.69) is 24.1 Å². The van der Waals surface area contributed by atoms with Crippen LogP contribution in [0.5, 0.6) is 0 Å². The van der Waals surface area contributed by atoms with Crippen LogP contribution >= 0.6 is 11.3 Å². The number of aromatic nitrogens is 1. The third-order valence-electron chi connectivity index (χ3n) is 2.84. The highest BCUT2D eigenvalue weighted by Crippen LogP contribution is 2.29. The van der Waals surface area contributed by atoms with E-state index < -0.39 is 10.2 Å². The molecule has 0 fully saturated rings. The van der Waals surface area contributed by atoms with E-state index >= 15 is 0 Å². The maximum Gasteiger partial charge on any atom is 0.319 e. The Labute approximate surface area is 137 Å². The van der Waals surface area contributed by atoms with Crippen LogP contribution in [-0.4, -0.2) is 38.0 Å². The molecule has 0 amide bonds. The van der Waals surface area contributed by atoms with E-state index in [0.717, 1.165) is 0 Å². The fourth-order valence-electron chi connectivity index (χ4n) is 1.78. The van der Waals surface area contributed by atoms with Crippen molar-refractivity contribution in [3.05, 3.63) is 16.6 Å². The minimum atomic E-state index is -3.77. The number of amidine groups is 1. The Hall–Kier alpha value is -2.31. The number of rotatable bonds is 4. The van der Waals surface area contributed by atoms with Crippen molar-refractivity contribution in [2.24, 2.45) is 31.6 Å². The first-order valence-electron chi connectivity index (χ1n) is 6.34. The maximum atomic E-state index is 11.6. The third-order valence-corrected chi connectivity index (χ3v) is 4.55. The number of allylic oxidation sites excluding steroid dienone is 1. The van der Waals surface area contributed by atoms with Crippen LogP contribution in [0.15, 0.2) is 25.3 Å². The summed E-state index contributed by atoms with van der Waals surface area (Å²) in [5, 5.41) is 2.06. The highest BCUT2D eigenvalue weighted by Gasteiger charge is 2.21. The minimum absolute atomic E-state index is 0.106. The predicted octanol–water partition coefficient (Wildman–Crippen LogP) is -0.555. The van der Waals surface area contributed by atoms with Crippen molar-refractivity contribution in [3.8, 4) is 0 Å². The van der Waals surface area contributed by atoms with Crippen molar-refractivity contribution in [2.45, 2.75) is 13.3 Å². The summed E-state index contributed by atoms with van der Waals surface area (Å²) in [6, 6.07) is 0. The van der Waals surface area contributed by atoms with Gasteiger partial charge < -0.3 is 17.2 Å². The summed E-state index contributed by atoms with van der Waals surface area (Å²) >= 11 is 1.22. The molecule has 0 unspecified atom stereocenters. The molecule has 12 heteroatoms. The second kappa shape index (κ2) is 6.44. The zero-order chi connectivity index (χ0) is 17.2. The molecule has 2 heterocycles. The van der Waals surface area contributed by atoms with E-state index in [1.807, 2.05) is 0 Å². The summed E-state index contributed by atoms with van der Waals surface area (Å²) in [5.41, 5.74) is 18.2. The van der Waals surface area contributed by atoms with Crippen molar-refractivity contribution in [1.82, 2.24) is 9.71 Å². The molecule has 0 atom stereocenters. The van der Waals surface area contributed by atoms with Gasteiger partial charge in [0.05, 0.1) is 11.4 Å². The molecule has 23 heavy (non-hydrogen) atoms. The van der Waals surface area contributed by atoms with Crippen LogP contribution in [0.4, 0.5) is 5.13 Å². The van der Waals surface area contributed by atoms with Gasteiger partial charge in [-0.1, -0.05) is 0 Å². The fourth-order valence-corrected chi connectivity index (χ4v) is 3.06. The average molecular weight is 356 g/mol. The van der Waals surface area contributed by atoms with Crippen LogP contribution in [0.3, 0.4) is 0 Å². The molecule has 2 rings (SSSR count). The first-order chi connectivity index (χ1) is 10.7. The molecule has 0 radical (unpaired) electrons. The molecule has 1 aliphatic heterocycles. The number of aliphatic imine (C=N–C) groups is 2. The first-order valence-corrected chi connectivity index (χ1v) is 8.66. The molecule has 0 spiro atoms. The molecular formula is C11H16N8O2S2. The molecule has 0 aromatic carbocycles. The van der Waals surface area contributed by atoms with Gasteiger partial charge in [0, 0.05) is 18.8 Å². The molecule has 10 nitrogen and oxygen atoms in total. The third kappa shape index (κ3) is 4.12. The van der Waals surface area contributed by atoms with Gasteiger partial charge in [0.2, 0.25) is 5.13 Å². The monoisotopic (exact) mass is 356 g/mol. The molecule has 0 aliphatic carbocycles. The molecule has 0 bridgehead atoms. The van der Waals surface area contributed by atoms with E-state index in [1.165, 1.54) is 18.4 Å². The number of nitrogens with zero attached hydrogens (tertiary/aromatic N) is 4. The Morgan fingerprint density at radius 3 is 2.74 bits per heavy atom. The van der Waals surface area contributed by atoms with Crippen molar-refractivity contribution < 1.29 is 8.42 Å². The normalized spacial score (nSPS) is 17.3. The number of hydrogen-bond donors (Lipinski definition) is 4. The zero-order valence-corrected chi connectivity index (χ0v) is 14.1. The van der Waals surface area contributed by atoms with Crippen molar-refractivity contribution in [2.75, 3.05) is 7.05 Å². The van der Waals surface area contributed by atoms with Gasteiger partial charge in [0.1, 0.15) is 11.5 Å². The second-order valence-electron chi connectivity index (χ2n) is 4.52. The molecule has 1 aliphatic rings. The fraction of sp³-hybridized carbons (Fsp3) is 0.273. The van der Waals surface area contributed by atoms with Gasteiger partial charge in [-0.15, -0.1) is 11.3 Å². The molecule has 124 valence electrons. The van der Waals surface area contributed by atoms with Gasteiger partial charge >= 0.3 is 10.2 Å². The topological polar surface area (TPSA) is 174 Å². The number of hydrogen-bond acceptors (Lipinski definition) is 7. The minimum Gasteiger partial charge on any atom is -0.387 e. The molecule has 1 aromatic heterocycles. The predicted molar refractivity (Wildman–Crippen MR) is 91.8 cm³/mol. The highest BCUT2D eigenvalue weighted by atomic mass is 32.2. The lowest BCUT2D eigenvalue weighted by Gasteiger charge is -2.15. The molecule has 0 saturated carbocycles. The zero-order valence-electron chi connectivity index (χ0n) is 12.4. The summed E-state index contributed by atoms with van der Waals surface area (Å²) in [7, 11) is -2.49. The quantitative estimate of drug-likeness (QED) is 0.415. The van der Waals surface area contributed by atoms with Crippen LogP contribution in [-0.2, 0) is 10.2 Å². The van der Waals surface area contributed by atoms with Gasteiger partial charge in [0.25, 0.3) is 0 Å². The molecule has 0 saturated heterocycles. The van der Waals surface area contributed by atoms with Crippen LogP contribution in [0.2, 0.25) is 0 Å². The average Bonchev–Trinajstić information content (AvgIpc) is 2.89. The standard InChI is InChI=1S/C11H16N8O2S2/c1-5-6(19-23(20,21)15-2)3-8(12)17-9(5)7-4-22-11(16-7)18-10(13)14/h4,15H,3H2,1-2H3,(H2,12,17)(H4,13,14,16,18). The van der Waals surface area contributed by atoms with Crippen LogP contribution in [0.25, 0.3) is 5.70 Å². The Balaban J connectivity index is 2.51. The Bertz CT molecular complexity index is 843. The van der Waals surface area contributed by atoms with Crippen molar-refractivity contribution in [1.29, 1.82) is 0 Å². The van der Waals surface area contributed by atoms with Gasteiger partial charge in [-0.3, -0.25) is 0 Å². The summed E-state index contributed by atoms with van der Waals surface area (Å²) in [4.78, 5) is 12.3. The molecular weight excluding hydrogens is 340 g/mol. The molecule has 7 N–H and O–H groups in total. The lowest BCUT2D eigenvalue weighted by molar-refractivity contribution is 0.590. The van der Waals surface area contributed by atoms with Crippen molar-refractivity contribution in [3.63, 3.8) is 0 Å². The van der Waals surface area contributed by atoms with Gasteiger partial charge in [-0.25, -0.2) is 9.98 Å². The first kappa shape index (κ1) is 17.1. The second-order valence-corrected chi connectivity index (χ2v) is 6.90. The smallest absolute Gasteiger partial charge is 0.319 e. The Kier molecular flexibility index (Phi) is 4.77. The number of guanidine groups is 1. The number of nitrogens with one attached hydrogen (secondary N) is 1. The Morgan fingerprint density at radius 2 is 2.13 bits per heavy atom. The van der Waals surface area contributed by atoms with Gasteiger partial charge in [0.15, 0.2) is 5.96 Å². The SMILES string of the molecule is CNS(=O)(=O)N=C1CC(N)=NC(c2csc(N=C(N)N)n2)=C1C. The number of nitrogens with two attached hydrogens (primary N) is 3. The lowest BCUT2D eigenvalue weighted by Crippen LogP contribution is -2.25. The van der Waals surface area contributed by atoms with E-state index in [4.69, 9.17) is 17.2 Å². The summed E-state index contributed by atoms with van der Waals surface area (Å²) in [6.07, 6.45) is 0.140. The van der Waals surface area contributed by atoms with E-state index in [-0.39, 0.29) is 18.2 Å². The lowest BCUT2D eigenvalue weighted by atomic mass is 10.0. The van der Waals surface area contributed by atoms with Gasteiger partial charge in [-0.2, -0.15) is 22.5 Å².